The molecular formula is C14H20N6O. The van der Waals surface area contributed by atoms with Gasteiger partial charge >= 0.3 is 0 Å². The third-order valence-corrected chi connectivity index (χ3v) is 3.96. The highest BCUT2D eigenvalue weighted by Crippen LogP contribution is 2.30. The molecule has 0 aliphatic heterocycles. The number of hydrogen-bond acceptors (Lipinski definition) is 6. The summed E-state index contributed by atoms with van der Waals surface area (Å²) in [4.78, 5) is 8.45. The molecule has 2 aromatic rings. The van der Waals surface area contributed by atoms with E-state index in [1.54, 1.807) is 10.9 Å². The number of rotatable bonds is 5. The predicted octanol–water partition coefficient (Wildman–Crippen LogP) is 1.21. The van der Waals surface area contributed by atoms with Crippen molar-refractivity contribution in [3.63, 3.8) is 0 Å². The number of nitrogens with zero attached hydrogens (tertiary/aromatic N) is 4. The Balaban J connectivity index is 1.79. The minimum Gasteiger partial charge on any atom is -0.396 e. The fourth-order valence-corrected chi connectivity index (χ4v) is 2.98. The predicted molar refractivity (Wildman–Crippen MR) is 80.0 cm³/mol. The summed E-state index contributed by atoms with van der Waals surface area (Å²) in [5.41, 5.74) is 5.79. The zero-order valence-electron chi connectivity index (χ0n) is 11.8. The second-order valence-corrected chi connectivity index (χ2v) is 5.37. The molecule has 2 atom stereocenters. The molecule has 112 valence electrons. The average molecular weight is 288 g/mol. The van der Waals surface area contributed by atoms with Gasteiger partial charge in [0.1, 0.15) is 5.82 Å². The molecule has 2 unspecified atom stereocenters. The summed E-state index contributed by atoms with van der Waals surface area (Å²) in [5, 5.41) is 16.7. The van der Waals surface area contributed by atoms with Gasteiger partial charge in [-0.1, -0.05) is 6.42 Å². The van der Waals surface area contributed by atoms with E-state index in [4.69, 9.17) is 10.8 Å². The van der Waals surface area contributed by atoms with Gasteiger partial charge in [-0.25, -0.2) is 4.68 Å². The molecule has 2 heterocycles. The molecule has 7 heteroatoms. The van der Waals surface area contributed by atoms with Gasteiger partial charge in [-0.15, -0.1) is 0 Å². The quantitative estimate of drug-likeness (QED) is 0.764. The molecule has 0 bridgehead atoms. The largest absolute Gasteiger partial charge is 0.396 e. The summed E-state index contributed by atoms with van der Waals surface area (Å²) in [7, 11) is 0. The van der Waals surface area contributed by atoms with Gasteiger partial charge in [0, 0.05) is 31.1 Å². The smallest absolute Gasteiger partial charge is 0.224 e. The number of aromatic nitrogens is 4. The van der Waals surface area contributed by atoms with E-state index >= 15 is 0 Å². The Morgan fingerprint density at radius 1 is 1.38 bits per heavy atom. The summed E-state index contributed by atoms with van der Waals surface area (Å²) in [6.45, 7) is 0.229. The normalized spacial score (nSPS) is 21.6. The summed E-state index contributed by atoms with van der Waals surface area (Å²) in [5.74, 6) is 2.07. The lowest BCUT2D eigenvalue weighted by atomic mass is 10.00. The molecule has 0 radical (unpaired) electrons. The number of aliphatic hydroxyl groups is 1. The molecule has 0 saturated heterocycles. The van der Waals surface area contributed by atoms with E-state index in [2.05, 4.69) is 20.4 Å². The molecule has 7 nitrogen and oxygen atoms in total. The highest BCUT2D eigenvalue weighted by Gasteiger charge is 2.27. The minimum absolute atomic E-state index is 0.224. The van der Waals surface area contributed by atoms with Crippen molar-refractivity contribution in [1.82, 2.24) is 19.7 Å². The molecule has 1 aliphatic rings. The standard InChI is InChI=1S/C14H20N6O/c15-14-18-12(9-13(19-14)20-7-2-6-16-20)17-11-4-1-3-10(11)5-8-21/h2,6-7,9-11,21H,1,3-5,8H2,(H3,15,17,18,19). The molecule has 0 amide bonds. The first kappa shape index (κ1) is 13.8. The van der Waals surface area contributed by atoms with Crippen LogP contribution in [-0.2, 0) is 0 Å². The van der Waals surface area contributed by atoms with Crippen molar-refractivity contribution in [3.8, 4) is 5.82 Å². The van der Waals surface area contributed by atoms with Crippen molar-refractivity contribution < 1.29 is 5.11 Å². The second-order valence-electron chi connectivity index (χ2n) is 5.37. The van der Waals surface area contributed by atoms with E-state index in [1.807, 2.05) is 18.3 Å². The highest BCUT2D eigenvalue weighted by atomic mass is 16.3. The molecule has 0 spiro atoms. The van der Waals surface area contributed by atoms with Crippen molar-refractivity contribution in [2.75, 3.05) is 17.7 Å². The van der Waals surface area contributed by atoms with Gasteiger partial charge in [-0.3, -0.25) is 0 Å². The van der Waals surface area contributed by atoms with Gasteiger partial charge in [-0.05, 0) is 31.2 Å². The maximum atomic E-state index is 9.14. The summed E-state index contributed by atoms with van der Waals surface area (Å²) < 4.78 is 1.66. The van der Waals surface area contributed by atoms with Crippen LogP contribution in [0.15, 0.2) is 24.5 Å². The van der Waals surface area contributed by atoms with Crippen LogP contribution in [0.4, 0.5) is 11.8 Å². The molecule has 4 N–H and O–H groups in total. The molecular weight excluding hydrogens is 268 g/mol. The number of nitrogen functional groups attached to an aromatic ring is 1. The first-order chi connectivity index (χ1) is 10.3. The van der Waals surface area contributed by atoms with Crippen LogP contribution in [0.5, 0.6) is 0 Å². The van der Waals surface area contributed by atoms with Gasteiger partial charge in [0.25, 0.3) is 0 Å². The van der Waals surface area contributed by atoms with Crippen LogP contribution in [0, 0.1) is 5.92 Å². The first-order valence-corrected chi connectivity index (χ1v) is 7.28. The van der Waals surface area contributed by atoms with E-state index in [0.29, 0.717) is 23.6 Å². The number of aliphatic hydroxyl groups excluding tert-OH is 1. The van der Waals surface area contributed by atoms with Crippen molar-refractivity contribution in [3.05, 3.63) is 24.5 Å². The summed E-state index contributed by atoms with van der Waals surface area (Å²) >= 11 is 0. The van der Waals surface area contributed by atoms with Crippen LogP contribution in [0.1, 0.15) is 25.7 Å². The van der Waals surface area contributed by atoms with Crippen molar-refractivity contribution in [1.29, 1.82) is 0 Å². The molecule has 3 rings (SSSR count). The third kappa shape index (κ3) is 3.13. The van der Waals surface area contributed by atoms with Crippen LogP contribution in [-0.4, -0.2) is 37.5 Å². The Bertz CT molecular complexity index is 585. The monoisotopic (exact) mass is 288 g/mol. The molecule has 1 fully saturated rings. The lowest BCUT2D eigenvalue weighted by Crippen LogP contribution is -2.25. The van der Waals surface area contributed by atoms with E-state index in [0.717, 1.165) is 19.3 Å². The Kier molecular flexibility index (Phi) is 4.01. The van der Waals surface area contributed by atoms with Gasteiger partial charge in [0.2, 0.25) is 5.95 Å². The summed E-state index contributed by atoms with van der Waals surface area (Å²) in [6, 6.07) is 4.01. The third-order valence-electron chi connectivity index (χ3n) is 3.96. The fourth-order valence-electron chi connectivity index (χ4n) is 2.98. The zero-order valence-corrected chi connectivity index (χ0v) is 11.8. The second kappa shape index (κ2) is 6.09. The topological polar surface area (TPSA) is 102 Å². The van der Waals surface area contributed by atoms with E-state index in [9.17, 15) is 0 Å². The Morgan fingerprint density at radius 3 is 3.05 bits per heavy atom. The van der Waals surface area contributed by atoms with Crippen molar-refractivity contribution in [2.45, 2.75) is 31.7 Å². The van der Waals surface area contributed by atoms with Gasteiger partial charge < -0.3 is 16.2 Å². The van der Waals surface area contributed by atoms with Crippen LogP contribution < -0.4 is 11.1 Å². The summed E-state index contributed by atoms with van der Waals surface area (Å²) in [6.07, 6.45) is 7.74. The van der Waals surface area contributed by atoms with Crippen molar-refractivity contribution in [2.24, 2.45) is 5.92 Å². The Labute approximate surface area is 123 Å². The van der Waals surface area contributed by atoms with Gasteiger partial charge in [-0.2, -0.15) is 15.1 Å². The number of nitrogens with two attached hydrogens (primary N) is 1. The first-order valence-electron chi connectivity index (χ1n) is 7.28. The number of hydrogen-bond donors (Lipinski definition) is 3. The molecule has 21 heavy (non-hydrogen) atoms. The van der Waals surface area contributed by atoms with E-state index in [1.165, 1.54) is 6.42 Å². The maximum absolute atomic E-state index is 9.14. The van der Waals surface area contributed by atoms with E-state index in [-0.39, 0.29) is 12.6 Å². The fraction of sp³-hybridized carbons (Fsp3) is 0.500. The lowest BCUT2D eigenvalue weighted by molar-refractivity contribution is 0.254. The molecule has 0 aromatic carbocycles. The van der Waals surface area contributed by atoms with E-state index < -0.39 is 0 Å². The molecule has 1 saturated carbocycles. The zero-order chi connectivity index (χ0) is 14.7. The molecule has 2 aromatic heterocycles. The maximum Gasteiger partial charge on any atom is 0.224 e. The highest BCUT2D eigenvalue weighted by molar-refractivity contribution is 5.46. The van der Waals surface area contributed by atoms with Crippen LogP contribution in [0.2, 0.25) is 0 Å². The van der Waals surface area contributed by atoms with Gasteiger partial charge in [0.15, 0.2) is 5.82 Å². The van der Waals surface area contributed by atoms with Crippen LogP contribution in [0.25, 0.3) is 5.82 Å². The Morgan fingerprint density at radius 2 is 2.29 bits per heavy atom. The van der Waals surface area contributed by atoms with Crippen LogP contribution in [0.3, 0.4) is 0 Å². The Hall–Kier alpha value is -2.15. The molecule has 1 aliphatic carbocycles. The average Bonchev–Trinajstić information content (AvgIpc) is 3.11. The lowest BCUT2D eigenvalue weighted by Gasteiger charge is -2.21. The number of nitrogens with one attached hydrogen (secondary N) is 1. The van der Waals surface area contributed by atoms with Crippen molar-refractivity contribution >= 4 is 11.8 Å². The minimum atomic E-state index is 0.224. The van der Waals surface area contributed by atoms with Gasteiger partial charge in [0.05, 0.1) is 0 Å². The number of anilines is 2. The van der Waals surface area contributed by atoms with Crippen LogP contribution >= 0.6 is 0 Å². The SMILES string of the molecule is Nc1nc(NC2CCCC2CCO)cc(-n2cccn2)n1.